The number of primary amides is 1. The summed E-state index contributed by atoms with van der Waals surface area (Å²) in [6.07, 6.45) is 0. The molecule has 0 saturated carbocycles. The minimum absolute atomic E-state index is 0.155. The van der Waals surface area contributed by atoms with E-state index in [9.17, 15) is 14.4 Å². The van der Waals surface area contributed by atoms with Gasteiger partial charge in [-0.05, 0) is 23.8 Å². The fraction of sp³-hybridized carbons (Fsp3) is 0.462. The molecule has 0 radical (unpaired) electrons. The van der Waals surface area contributed by atoms with Crippen LogP contribution in [0.4, 0.5) is 10.5 Å². The maximum Gasteiger partial charge on any atom is 0.350 e. The van der Waals surface area contributed by atoms with Gasteiger partial charge in [-0.15, -0.1) is 11.3 Å². The van der Waals surface area contributed by atoms with E-state index in [2.05, 4.69) is 15.4 Å². The van der Waals surface area contributed by atoms with Crippen molar-refractivity contribution >= 4 is 34.9 Å². The van der Waals surface area contributed by atoms with Gasteiger partial charge in [0.15, 0.2) is 0 Å². The smallest absolute Gasteiger partial charge is 0.350 e. The van der Waals surface area contributed by atoms with Gasteiger partial charge in [-0.2, -0.15) is 0 Å². The standard InChI is InChI=1S/C13H19N3O4S/c1-6(2)8(16-13(14)19)11(17)15-9-7(3)5-21-10(9)12(18)20-4/h5-6,8H,1-4H3,(H,15,17)(H3,14,16,19). The number of rotatable bonds is 5. The van der Waals surface area contributed by atoms with Crippen molar-refractivity contribution < 1.29 is 19.1 Å². The van der Waals surface area contributed by atoms with Crippen LogP contribution < -0.4 is 16.4 Å². The Balaban J connectivity index is 2.98. The third kappa shape index (κ3) is 4.19. The van der Waals surface area contributed by atoms with E-state index in [4.69, 9.17) is 5.73 Å². The van der Waals surface area contributed by atoms with Gasteiger partial charge in [0, 0.05) is 0 Å². The van der Waals surface area contributed by atoms with E-state index < -0.39 is 23.9 Å². The van der Waals surface area contributed by atoms with Crippen LogP contribution in [0.2, 0.25) is 0 Å². The van der Waals surface area contributed by atoms with Crippen LogP contribution in [0, 0.1) is 12.8 Å². The molecule has 0 spiro atoms. The first-order chi connectivity index (χ1) is 9.77. The molecule has 21 heavy (non-hydrogen) atoms. The lowest BCUT2D eigenvalue weighted by Crippen LogP contribution is -2.49. The maximum absolute atomic E-state index is 12.3. The van der Waals surface area contributed by atoms with Crippen LogP contribution in [0.25, 0.3) is 0 Å². The number of nitrogens with one attached hydrogen (secondary N) is 2. The number of hydrogen-bond acceptors (Lipinski definition) is 5. The monoisotopic (exact) mass is 313 g/mol. The van der Waals surface area contributed by atoms with E-state index in [1.165, 1.54) is 18.4 Å². The number of methoxy groups -OCH3 is 1. The van der Waals surface area contributed by atoms with E-state index in [0.717, 1.165) is 5.56 Å². The van der Waals surface area contributed by atoms with Gasteiger partial charge in [-0.25, -0.2) is 9.59 Å². The number of amides is 3. The second-order valence-corrected chi connectivity index (χ2v) is 5.71. The van der Waals surface area contributed by atoms with Crippen LogP contribution in [0.3, 0.4) is 0 Å². The Kier molecular flexibility index (Phi) is 5.71. The molecule has 1 heterocycles. The number of carbonyl (C=O) groups excluding carboxylic acids is 3. The molecule has 1 aromatic rings. The van der Waals surface area contributed by atoms with Gasteiger partial charge < -0.3 is 21.1 Å². The molecule has 0 aliphatic rings. The topological polar surface area (TPSA) is 111 Å². The molecule has 0 aliphatic carbocycles. The molecule has 0 aromatic carbocycles. The van der Waals surface area contributed by atoms with Crippen LogP contribution in [0.1, 0.15) is 29.1 Å². The lowest BCUT2D eigenvalue weighted by Gasteiger charge is -2.20. The van der Waals surface area contributed by atoms with Crippen molar-refractivity contribution in [3.8, 4) is 0 Å². The van der Waals surface area contributed by atoms with Gasteiger partial charge in [0.25, 0.3) is 0 Å². The summed E-state index contributed by atoms with van der Waals surface area (Å²) in [5.41, 5.74) is 6.21. The molecule has 1 atom stereocenters. The number of aryl methyl sites for hydroxylation is 1. The third-order valence-corrected chi connectivity index (χ3v) is 3.92. The minimum atomic E-state index is -0.785. The molecule has 0 saturated heterocycles. The van der Waals surface area contributed by atoms with Gasteiger partial charge in [-0.1, -0.05) is 13.8 Å². The zero-order valence-electron chi connectivity index (χ0n) is 12.4. The second kappa shape index (κ2) is 7.07. The number of thiophene rings is 1. The van der Waals surface area contributed by atoms with Crippen LogP contribution in [-0.4, -0.2) is 31.1 Å². The number of nitrogens with two attached hydrogens (primary N) is 1. The fourth-order valence-electron chi connectivity index (χ4n) is 1.73. The molecule has 0 fully saturated rings. The summed E-state index contributed by atoms with van der Waals surface area (Å²) in [5, 5.41) is 6.79. The molecule has 1 unspecified atom stereocenters. The second-order valence-electron chi connectivity index (χ2n) is 4.83. The summed E-state index contributed by atoms with van der Waals surface area (Å²) >= 11 is 1.18. The Morgan fingerprint density at radius 3 is 2.43 bits per heavy atom. The Hall–Kier alpha value is -2.09. The lowest BCUT2D eigenvalue weighted by atomic mass is 10.0. The highest BCUT2D eigenvalue weighted by Gasteiger charge is 2.26. The van der Waals surface area contributed by atoms with Crippen molar-refractivity contribution in [3.05, 3.63) is 15.8 Å². The molecule has 8 heteroatoms. The van der Waals surface area contributed by atoms with Crippen molar-refractivity contribution in [2.24, 2.45) is 11.7 Å². The summed E-state index contributed by atoms with van der Waals surface area (Å²) in [6, 6.07) is -1.56. The summed E-state index contributed by atoms with van der Waals surface area (Å²) < 4.78 is 4.67. The highest BCUT2D eigenvalue weighted by Crippen LogP contribution is 2.28. The number of carbonyl (C=O) groups is 3. The summed E-state index contributed by atoms with van der Waals surface area (Å²) in [4.78, 5) is 35.2. The number of urea groups is 1. The first-order valence-electron chi connectivity index (χ1n) is 6.31. The van der Waals surface area contributed by atoms with E-state index in [1.54, 1.807) is 26.2 Å². The van der Waals surface area contributed by atoms with Crippen molar-refractivity contribution in [3.63, 3.8) is 0 Å². The normalized spacial score (nSPS) is 11.9. The van der Waals surface area contributed by atoms with Crippen molar-refractivity contribution in [2.45, 2.75) is 26.8 Å². The predicted octanol–water partition coefficient (Wildman–Crippen LogP) is 1.47. The largest absolute Gasteiger partial charge is 0.465 e. The summed E-state index contributed by atoms with van der Waals surface area (Å²) in [5.74, 6) is -1.11. The zero-order valence-corrected chi connectivity index (χ0v) is 13.2. The van der Waals surface area contributed by atoms with Gasteiger partial charge in [0.1, 0.15) is 10.9 Å². The minimum Gasteiger partial charge on any atom is -0.465 e. The highest BCUT2D eigenvalue weighted by atomic mass is 32.1. The van der Waals surface area contributed by atoms with Crippen molar-refractivity contribution in [1.82, 2.24) is 5.32 Å². The van der Waals surface area contributed by atoms with E-state index in [1.807, 2.05) is 0 Å². The third-order valence-electron chi connectivity index (χ3n) is 2.84. The van der Waals surface area contributed by atoms with Crippen LogP contribution in [0.15, 0.2) is 5.38 Å². The zero-order chi connectivity index (χ0) is 16.2. The predicted molar refractivity (Wildman–Crippen MR) is 80.4 cm³/mol. The number of esters is 1. The number of hydrogen-bond donors (Lipinski definition) is 3. The molecule has 1 rings (SSSR count). The highest BCUT2D eigenvalue weighted by molar-refractivity contribution is 7.12. The van der Waals surface area contributed by atoms with Gasteiger partial charge >= 0.3 is 12.0 Å². The van der Waals surface area contributed by atoms with Gasteiger partial charge in [0.05, 0.1) is 12.8 Å². The van der Waals surface area contributed by atoms with Crippen LogP contribution in [-0.2, 0) is 9.53 Å². The molecule has 0 bridgehead atoms. The summed E-state index contributed by atoms with van der Waals surface area (Å²) in [6.45, 7) is 5.33. The fourth-order valence-corrected chi connectivity index (χ4v) is 2.65. The van der Waals surface area contributed by atoms with E-state index in [0.29, 0.717) is 10.6 Å². The van der Waals surface area contributed by atoms with E-state index in [-0.39, 0.29) is 5.92 Å². The molecule has 7 nitrogen and oxygen atoms in total. The van der Waals surface area contributed by atoms with Crippen molar-refractivity contribution in [1.29, 1.82) is 0 Å². The lowest BCUT2D eigenvalue weighted by molar-refractivity contribution is -0.118. The molecular formula is C13H19N3O4S. The first kappa shape index (κ1) is 17.0. The Morgan fingerprint density at radius 2 is 1.95 bits per heavy atom. The van der Waals surface area contributed by atoms with Crippen LogP contribution >= 0.6 is 11.3 Å². The quantitative estimate of drug-likeness (QED) is 0.715. The van der Waals surface area contributed by atoms with Crippen LogP contribution in [0.5, 0.6) is 0 Å². The van der Waals surface area contributed by atoms with Crippen molar-refractivity contribution in [2.75, 3.05) is 12.4 Å². The molecule has 3 amide bonds. The Bertz CT molecular complexity index is 554. The molecule has 1 aromatic heterocycles. The van der Waals surface area contributed by atoms with Gasteiger partial charge in [-0.3, -0.25) is 4.79 Å². The number of ether oxygens (including phenoxy) is 1. The average Bonchev–Trinajstić information content (AvgIpc) is 2.76. The SMILES string of the molecule is COC(=O)c1scc(C)c1NC(=O)C(NC(N)=O)C(C)C. The average molecular weight is 313 g/mol. The maximum atomic E-state index is 12.3. The summed E-state index contributed by atoms with van der Waals surface area (Å²) in [7, 11) is 1.27. The van der Waals surface area contributed by atoms with Gasteiger partial charge in [0.2, 0.25) is 5.91 Å². The molecular weight excluding hydrogens is 294 g/mol. The molecule has 0 aliphatic heterocycles. The molecule has 4 N–H and O–H groups in total. The Morgan fingerprint density at radius 1 is 1.33 bits per heavy atom. The first-order valence-corrected chi connectivity index (χ1v) is 7.19. The van der Waals surface area contributed by atoms with E-state index >= 15 is 0 Å². The number of anilines is 1. The Labute approximate surface area is 126 Å². The molecule has 116 valence electrons.